The topological polar surface area (TPSA) is 67.2 Å². The van der Waals surface area contributed by atoms with Crippen molar-refractivity contribution in [3.05, 3.63) is 12.4 Å². The van der Waals surface area contributed by atoms with Crippen LogP contribution in [0.25, 0.3) is 0 Å². The van der Waals surface area contributed by atoms with Gasteiger partial charge in [0.1, 0.15) is 4.90 Å². The third-order valence-corrected chi connectivity index (χ3v) is 4.77. The van der Waals surface area contributed by atoms with Gasteiger partial charge in [-0.25, -0.2) is 12.7 Å². The monoisotopic (exact) mass is 288 g/mol. The fourth-order valence-electron chi connectivity index (χ4n) is 1.70. The lowest BCUT2D eigenvalue weighted by Crippen LogP contribution is -2.27. The van der Waals surface area contributed by atoms with E-state index in [-0.39, 0.29) is 4.90 Å². The van der Waals surface area contributed by atoms with Crippen LogP contribution in [0.3, 0.4) is 0 Å². The summed E-state index contributed by atoms with van der Waals surface area (Å²) in [5.41, 5.74) is 0. The molecule has 0 spiro atoms. The van der Waals surface area contributed by atoms with Gasteiger partial charge in [0.25, 0.3) is 0 Å². The molecule has 0 aliphatic heterocycles. The van der Waals surface area contributed by atoms with Crippen LogP contribution < -0.4 is 5.32 Å². The molecule has 0 fully saturated rings. The van der Waals surface area contributed by atoms with Gasteiger partial charge < -0.3 is 5.32 Å². The van der Waals surface area contributed by atoms with Gasteiger partial charge in [0, 0.05) is 26.3 Å². The second-order valence-electron chi connectivity index (χ2n) is 4.58. The van der Waals surface area contributed by atoms with Gasteiger partial charge in [0.15, 0.2) is 0 Å². The molecule has 0 aliphatic carbocycles. The van der Waals surface area contributed by atoms with Crippen LogP contribution in [0.4, 0.5) is 0 Å². The van der Waals surface area contributed by atoms with Gasteiger partial charge in [-0.3, -0.25) is 4.68 Å². The Morgan fingerprint density at radius 1 is 1.42 bits per heavy atom. The number of sulfonamides is 1. The number of nitrogens with zero attached hydrogens (tertiary/aromatic N) is 3. The summed E-state index contributed by atoms with van der Waals surface area (Å²) >= 11 is 0. The average molecular weight is 288 g/mol. The lowest BCUT2D eigenvalue weighted by Gasteiger charge is -2.15. The van der Waals surface area contributed by atoms with Crippen molar-refractivity contribution in [1.82, 2.24) is 19.4 Å². The molecule has 0 saturated carbocycles. The summed E-state index contributed by atoms with van der Waals surface area (Å²) in [5, 5.41) is 7.15. The van der Waals surface area contributed by atoms with Gasteiger partial charge in [0.2, 0.25) is 10.0 Å². The highest BCUT2D eigenvalue weighted by Gasteiger charge is 2.21. The lowest BCUT2D eigenvalue weighted by molar-refractivity contribution is 0.459. The van der Waals surface area contributed by atoms with Crippen LogP contribution in [-0.2, 0) is 16.6 Å². The molecule has 0 unspecified atom stereocenters. The van der Waals surface area contributed by atoms with Crippen molar-refractivity contribution in [3.8, 4) is 0 Å². The smallest absolute Gasteiger partial charge is 0.245 e. The number of aromatic nitrogens is 2. The van der Waals surface area contributed by atoms with E-state index in [9.17, 15) is 8.42 Å². The maximum absolute atomic E-state index is 12.2. The van der Waals surface area contributed by atoms with Crippen LogP contribution in [0.1, 0.15) is 26.2 Å². The summed E-state index contributed by atoms with van der Waals surface area (Å²) in [6, 6.07) is 0. The zero-order valence-corrected chi connectivity index (χ0v) is 12.8. The number of aryl methyl sites for hydroxylation is 1. The van der Waals surface area contributed by atoms with Crippen LogP contribution >= 0.6 is 0 Å². The molecule has 0 aliphatic rings. The number of hydrogen-bond donors (Lipinski definition) is 1. The van der Waals surface area contributed by atoms with Crippen molar-refractivity contribution in [2.24, 2.45) is 0 Å². The zero-order chi connectivity index (χ0) is 14.3. The molecule has 1 rings (SSSR count). The highest BCUT2D eigenvalue weighted by atomic mass is 32.2. The molecular formula is C12H24N4O2S. The summed E-state index contributed by atoms with van der Waals surface area (Å²) in [6.45, 7) is 4.19. The summed E-state index contributed by atoms with van der Waals surface area (Å²) < 4.78 is 27.6. The first-order chi connectivity index (χ1) is 9.02. The first-order valence-corrected chi connectivity index (χ1v) is 8.09. The molecule has 1 aromatic rings. The Bertz CT molecular complexity index is 470. The van der Waals surface area contributed by atoms with Gasteiger partial charge in [-0.1, -0.05) is 13.3 Å². The fourth-order valence-corrected chi connectivity index (χ4v) is 2.86. The molecule has 0 atom stereocenters. The first kappa shape index (κ1) is 16.1. The van der Waals surface area contributed by atoms with Gasteiger partial charge >= 0.3 is 0 Å². The summed E-state index contributed by atoms with van der Waals surface area (Å²) in [7, 11) is 0.118. The quantitative estimate of drug-likeness (QED) is 0.686. The fraction of sp³-hybridized carbons (Fsp3) is 0.750. The van der Waals surface area contributed by atoms with Gasteiger partial charge in [-0.15, -0.1) is 0 Å². The minimum Gasteiger partial charge on any atom is -0.320 e. The van der Waals surface area contributed by atoms with Gasteiger partial charge in [-0.2, -0.15) is 5.10 Å². The predicted octanol–water partition coefficient (Wildman–Crippen LogP) is 0.913. The van der Waals surface area contributed by atoms with Crippen molar-refractivity contribution in [2.75, 3.05) is 27.2 Å². The summed E-state index contributed by atoms with van der Waals surface area (Å²) in [4.78, 5) is 0.274. The van der Waals surface area contributed by atoms with Crippen molar-refractivity contribution < 1.29 is 8.42 Å². The van der Waals surface area contributed by atoms with Gasteiger partial charge in [0.05, 0.1) is 6.20 Å². The van der Waals surface area contributed by atoms with E-state index in [0.29, 0.717) is 6.54 Å². The first-order valence-electron chi connectivity index (χ1n) is 6.65. The number of rotatable bonds is 9. The van der Waals surface area contributed by atoms with Gasteiger partial charge in [-0.05, 0) is 26.4 Å². The normalized spacial score (nSPS) is 12.2. The second kappa shape index (κ2) is 7.62. The van der Waals surface area contributed by atoms with E-state index in [1.807, 2.05) is 14.0 Å². The Balaban J connectivity index is 2.68. The lowest BCUT2D eigenvalue weighted by atomic mass is 10.3. The number of hydrogen-bond acceptors (Lipinski definition) is 4. The van der Waals surface area contributed by atoms with E-state index in [1.54, 1.807) is 17.9 Å². The molecule has 110 valence electrons. The Morgan fingerprint density at radius 3 is 2.79 bits per heavy atom. The molecule has 0 aromatic carbocycles. The molecule has 6 nitrogen and oxygen atoms in total. The van der Waals surface area contributed by atoms with E-state index in [2.05, 4.69) is 10.4 Å². The molecule has 19 heavy (non-hydrogen) atoms. The van der Waals surface area contributed by atoms with Crippen LogP contribution in [0, 0.1) is 0 Å². The molecule has 1 N–H and O–H groups in total. The summed E-state index contributed by atoms with van der Waals surface area (Å²) in [5.74, 6) is 0. The molecular weight excluding hydrogens is 264 g/mol. The van der Waals surface area contributed by atoms with Crippen molar-refractivity contribution in [1.29, 1.82) is 0 Å². The maximum Gasteiger partial charge on any atom is 0.245 e. The molecule has 0 bridgehead atoms. The molecule has 1 aromatic heterocycles. The number of unbranched alkanes of at least 4 members (excludes halogenated alkanes) is 1. The number of nitrogens with one attached hydrogen (secondary N) is 1. The van der Waals surface area contributed by atoms with Crippen LogP contribution in [-0.4, -0.2) is 49.7 Å². The van der Waals surface area contributed by atoms with Crippen molar-refractivity contribution in [3.63, 3.8) is 0 Å². The third kappa shape index (κ3) is 4.59. The van der Waals surface area contributed by atoms with Crippen molar-refractivity contribution in [2.45, 2.75) is 37.6 Å². The Morgan fingerprint density at radius 2 is 2.16 bits per heavy atom. The van der Waals surface area contributed by atoms with Crippen LogP contribution in [0.2, 0.25) is 0 Å². The molecule has 1 heterocycles. The predicted molar refractivity (Wildman–Crippen MR) is 75.5 cm³/mol. The van der Waals surface area contributed by atoms with Crippen molar-refractivity contribution >= 4 is 10.0 Å². The highest BCUT2D eigenvalue weighted by Crippen LogP contribution is 2.13. The molecule has 0 saturated heterocycles. The van der Waals surface area contributed by atoms with E-state index < -0.39 is 10.0 Å². The highest BCUT2D eigenvalue weighted by molar-refractivity contribution is 7.89. The Hall–Kier alpha value is -0.920. The third-order valence-electron chi connectivity index (χ3n) is 2.96. The average Bonchev–Trinajstić information content (AvgIpc) is 2.85. The molecule has 0 radical (unpaired) electrons. The largest absolute Gasteiger partial charge is 0.320 e. The van der Waals surface area contributed by atoms with E-state index in [4.69, 9.17) is 0 Å². The second-order valence-corrected chi connectivity index (χ2v) is 6.62. The minimum atomic E-state index is -3.39. The van der Waals surface area contributed by atoms with Crippen LogP contribution in [0.5, 0.6) is 0 Å². The SMILES string of the molecule is CCCCN(C)S(=O)(=O)c1cnn(CCCNC)c1. The Kier molecular flexibility index (Phi) is 6.47. The summed E-state index contributed by atoms with van der Waals surface area (Å²) in [6.07, 6.45) is 5.79. The standard InChI is InChI=1S/C12H24N4O2S/c1-4-5-8-15(3)19(17,18)12-10-14-16(11-12)9-6-7-13-2/h10-11,13H,4-9H2,1-3H3. The van der Waals surface area contributed by atoms with Crippen LogP contribution in [0.15, 0.2) is 17.3 Å². The minimum absolute atomic E-state index is 0.274. The van der Waals surface area contributed by atoms with E-state index >= 15 is 0 Å². The maximum atomic E-state index is 12.2. The molecule has 0 amide bonds. The zero-order valence-electron chi connectivity index (χ0n) is 12.0. The van der Waals surface area contributed by atoms with E-state index in [0.717, 1.165) is 32.4 Å². The molecule has 7 heteroatoms. The Labute approximate surface area is 115 Å². The van der Waals surface area contributed by atoms with E-state index in [1.165, 1.54) is 10.5 Å².